The van der Waals surface area contributed by atoms with Crippen molar-refractivity contribution >= 4 is 21.8 Å². The first-order chi connectivity index (χ1) is 6.45. The molecule has 4 heteroatoms. The van der Waals surface area contributed by atoms with Crippen LogP contribution < -0.4 is 0 Å². The highest BCUT2D eigenvalue weighted by molar-refractivity contribution is 6.02. The molecular weight excluding hydrogens is 164 g/mol. The van der Waals surface area contributed by atoms with Crippen molar-refractivity contribution in [2.45, 2.75) is 0 Å². The lowest BCUT2D eigenvalue weighted by Crippen LogP contribution is -1.81. The number of fused-ring (bicyclic) bond motifs is 3. The van der Waals surface area contributed by atoms with Crippen molar-refractivity contribution in [2.75, 3.05) is 0 Å². The van der Waals surface area contributed by atoms with Gasteiger partial charge in [-0.2, -0.15) is 5.10 Å². The molecule has 0 spiro atoms. The predicted octanol–water partition coefficient (Wildman–Crippen LogP) is 1.51. The smallest absolute Gasteiger partial charge is 0.116 e. The average molecular weight is 170 g/mol. The minimum Gasteiger partial charge on any atom is -0.285 e. The molecule has 0 saturated heterocycles. The largest absolute Gasteiger partial charge is 0.285 e. The number of imidazole rings is 1. The van der Waals surface area contributed by atoms with Gasteiger partial charge in [-0.25, -0.2) is 9.97 Å². The van der Waals surface area contributed by atoms with Gasteiger partial charge < -0.3 is 0 Å². The Hall–Kier alpha value is -1.97. The third-order valence-electron chi connectivity index (χ3n) is 2.10. The first-order valence-electron chi connectivity index (χ1n) is 3.97. The number of aromatic nitrogens is 4. The van der Waals surface area contributed by atoms with Crippen LogP contribution in [0.15, 0.2) is 30.9 Å². The minimum absolute atomic E-state index is 0.923. The molecule has 0 amide bonds. The molecule has 0 unspecified atom stereocenters. The number of rotatable bonds is 0. The van der Waals surface area contributed by atoms with Gasteiger partial charge in [-0.3, -0.25) is 5.10 Å². The molecule has 0 saturated carbocycles. The monoisotopic (exact) mass is 170 g/mol. The molecule has 1 N–H and O–H groups in total. The van der Waals surface area contributed by atoms with Crippen molar-refractivity contribution in [3.05, 3.63) is 30.9 Å². The van der Waals surface area contributed by atoms with Gasteiger partial charge in [0.05, 0.1) is 17.2 Å². The lowest BCUT2D eigenvalue weighted by Gasteiger charge is -1.95. The second kappa shape index (κ2) is 2.26. The third kappa shape index (κ3) is 0.823. The number of benzene rings is 1. The fourth-order valence-corrected chi connectivity index (χ4v) is 1.47. The summed E-state index contributed by atoms with van der Waals surface area (Å²) in [6, 6.07) is 3.94. The third-order valence-corrected chi connectivity index (χ3v) is 2.10. The second-order valence-corrected chi connectivity index (χ2v) is 2.84. The molecule has 4 nitrogen and oxygen atoms in total. The van der Waals surface area contributed by atoms with Crippen LogP contribution in [-0.4, -0.2) is 20.2 Å². The van der Waals surface area contributed by atoms with E-state index in [4.69, 9.17) is 0 Å². The molecule has 3 rings (SSSR count). The van der Waals surface area contributed by atoms with E-state index in [1.54, 1.807) is 12.5 Å². The maximum absolute atomic E-state index is 4.19. The van der Waals surface area contributed by atoms with E-state index in [1.165, 1.54) is 0 Å². The molecule has 0 aliphatic carbocycles. The Morgan fingerprint density at radius 2 is 2.15 bits per heavy atom. The summed E-state index contributed by atoms with van der Waals surface area (Å²) < 4.78 is 0. The highest BCUT2D eigenvalue weighted by Crippen LogP contribution is 2.20. The number of aromatic amines is 1. The molecule has 3 aromatic rings. The summed E-state index contributed by atoms with van der Waals surface area (Å²) in [5.41, 5.74) is 1.85. The van der Waals surface area contributed by atoms with Crippen molar-refractivity contribution in [3.63, 3.8) is 0 Å². The van der Waals surface area contributed by atoms with E-state index >= 15 is 0 Å². The van der Waals surface area contributed by atoms with E-state index in [1.807, 2.05) is 18.3 Å². The van der Waals surface area contributed by atoms with Gasteiger partial charge in [-0.05, 0) is 6.07 Å². The lowest BCUT2D eigenvalue weighted by atomic mass is 10.2. The maximum atomic E-state index is 4.19. The topological polar surface area (TPSA) is 54.5 Å². The molecule has 2 heterocycles. The van der Waals surface area contributed by atoms with Crippen molar-refractivity contribution in [3.8, 4) is 0 Å². The number of hydrogen-bond acceptors (Lipinski definition) is 3. The van der Waals surface area contributed by atoms with Crippen molar-refractivity contribution in [1.29, 1.82) is 0 Å². The molecule has 0 radical (unpaired) electrons. The number of nitrogens with one attached hydrogen (secondary N) is 1. The maximum Gasteiger partial charge on any atom is 0.116 e. The Balaban J connectivity index is 2.65. The highest BCUT2D eigenvalue weighted by atomic mass is 15.1. The Kier molecular flexibility index (Phi) is 1.14. The molecule has 62 valence electrons. The quantitative estimate of drug-likeness (QED) is 0.556. The van der Waals surface area contributed by atoms with Crippen LogP contribution in [0.25, 0.3) is 21.8 Å². The van der Waals surface area contributed by atoms with Gasteiger partial charge in [0.1, 0.15) is 6.33 Å². The lowest BCUT2D eigenvalue weighted by molar-refractivity contribution is 1.05. The number of H-pyrrole nitrogens is 1. The molecule has 0 bridgehead atoms. The first-order valence-corrected chi connectivity index (χ1v) is 3.97. The van der Waals surface area contributed by atoms with E-state index in [9.17, 15) is 0 Å². The Labute approximate surface area is 73.6 Å². The zero-order valence-corrected chi connectivity index (χ0v) is 6.73. The van der Waals surface area contributed by atoms with Gasteiger partial charge in [-0.15, -0.1) is 0 Å². The van der Waals surface area contributed by atoms with Crippen molar-refractivity contribution < 1.29 is 0 Å². The molecule has 0 aliphatic rings. The van der Waals surface area contributed by atoms with Crippen LogP contribution in [0.2, 0.25) is 0 Å². The van der Waals surface area contributed by atoms with Gasteiger partial charge in [0, 0.05) is 17.0 Å². The molecule has 2 aromatic heterocycles. The van der Waals surface area contributed by atoms with Crippen LogP contribution in [-0.2, 0) is 0 Å². The first kappa shape index (κ1) is 6.54. The zero-order chi connectivity index (χ0) is 8.67. The summed E-state index contributed by atoms with van der Waals surface area (Å²) in [7, 11) is 0. The van der Waals surface area contributed by atoms with Crippen LogP contribution in [0.3, 0.4) is 0 Å². The van der Waals surface area contributed by atoms with Gasteiger partial charge in [-0.1, -0.05) is 6.07 Å². The standard InChI is InChI=1S/C9H6N4/c1-2-8-9(11-5-10-8)7-4-13-12-3-6(1)7/h1-5,13H. The van der Waals surface area contributed by atoms with Crippen molar-refractivity contribution in [1.82, 2.24) is 20.2 Å². The summed E-state index contributed by atoms with van der Waals surface area (Å²) in [6.07, 6.45) is 5.19. The Morgan fingerprint density at radius 1 is 1.15 bits per heavy atom. The SMILES string of the molecule is c1nc2ccc3cn[nH]cc3c2n1. The average Bonchev–Trinajstić information content (AvgIpc) is 2.65. The molecular formula is C9H6N4. The summed E-state index contributed by atoms with van der Waals surface area (Å²) >= 11 is 0. The Bertz CT molecular complexity index is 570. The number of hydrogen-bond donors (Lipinski definition) is 1. The van der Waals surface area contributed by atoms with Crippen LogP contribution in [0.1, 0.15) is 0 Å². The zero-order valence-electron chi connectivity index (χ0n) is 6.73. The van der Waals surface area contributed by atoms with Crippen LogP contribution >= 0.6 is 0 Å². The Morgan fingerprint density at radius 3 is 3.15 bits per heavy atom. The van der Waals surface area contributed by atoms with Gasteiger partial charge >= 0.3 is 0 Å². The molecule has 0 aliphatic heterocycles. The molecule has 0 fully saturated rings. The van der Waals surface area contributed by atoms with E-state index in [2.05, 4.69) is 20.2 Å². The van der Waals surface area contributed by atoms with E-state index < -0.39 is 0 Å². The highest BCUT2D eigenvalue weighted by Gasteiger charge is 2.01. The summed E-state index contributed by atoms with van der Waals surface area (Å²) in [6.45, 7) is 0. The van der Waals surface area contributed by atoms with Crippen molar-refractivity contribution in [2.24, 2.45) is 0 Å². The van der Waals surface area contributed by atoms with Gasteiger partial charge in [0.2, 0.25) is 0 Å². The van der Waals surface area contributed by atoms with E-state index in [-0.39, 0.29) is 0 Å². The van der Waals surface area contributed by atoms with Crippen LogP contribution in [0, 0.1) is 0 Å². The van der Waals surface area contributed by atoms with Crippen LogP contribution in [0.5, 0.6) is 0 Å². The molecule has 13 heavy (non-hydrogen) atoms. The fraction of sp³-hybridized carbons (Fsp3) is 0. The van der Waals surface area contributed by atoms with Gasteiger partial charge in [0.25, 0.3) is 0 Å². The van der Waals surface area contributed by atoms with E-state index in [0.29, 0.717) is 0 Å². The molecule has 1 aromatic carbocycles. The van der Waals surface area contributed by atoms with Gasteiger partial charge in [0.15, 0.2) is 0 Å². The fourth-order valence-electron chi connectivity index (χ4n) is 1.47. The minimum atomic E-state index is 0.923. The summed E-state index contributed by atoms with van der Waals surface area (Å²) in [5.74, 6) is 0. The van der Waals surface area contributed by atoms with E-state index in [0.717, 1.165) is 21.8 Å². The summed E-state index contributed by atoms with van der Waals surface area (Å²) in [5, 5.41) is 8.87. The second-order valence-electron chi connectivity index (χ2n) is 2.84. The predicted molar refractivity (Wildman–Crippen MR) is 49.2 cm³/mol. The molecule has 0 atom stereocenters. The van der Waals surface area contributed by atoms with Crippen LogP contribution in [0.4, 0.5) is 0 Å². The summed E-state index contributed by atoms with van der Waals surface area (Å²) in [4.78, 5) is 8.31. The number of nitrogens with zero attached hydrogens (tertiary/aromatic N) is 3. The normalized spacial score (nSPS) is 11.1.